The third kappa shape index (κ3) is 2.55. The number of H-pyrrole nitrogens is 1. The van der Waals surface area contributed by atoms with Crippen LogP contribution in [0.15, 0.2) is 24.5 Å². The molecule has 0 radical (unpaired) electrons. The van der Waals surface area contributed by atoms with Gasteiger partial charge in [0.2, 0.25) is 5.28 Å². The Labute approximate surface area is 125 Å². The van der Waals surface area contributed by atoms with Gasteiger partial charge in [0.05, 0.1) is 13.4 Å². The molecule has 0 fully saturated rings. The first-order chi connectivity index (χ1) is 10.2. The van der Waals surface area contributed by atoms with E-state index in [1.165, 1.54) is 13.4 Å². The van der Waals surface area contributed by atoms with Gasteiger partial charge in [-0.3, -0.25) is 0 Å². The van der Waals surface area contributed by atoms with Crippen molar-refractivity contribution >= 4 is 28.6 Å². The first-order valence-electron chi connectivity index (χ1n) is 6.14. The van der Waals surface area contributed by atoms with Gasteiger partial charge in [0, 0.05) is 12.1 Å². The molecule has 1 aromatic carbocycles. The minimum atomic E-state index is 0.0912. The van der Waals surface area contributed by atoms with Crippen LogP contribution in [-0.4, -0.2) is 32.2 Å². The molecule has 0 aliphatic heterocycles. The molecular formula is C13H12ClN5O2. The highest BCUT2D eigenvalue weighted by Gasteiger charge is 2.11. The second-order valence-electron chi connectivity index (χ2n) is 4.26. The molecule has 3 rings (SSSR count). The Hall–Kier alpha value is -2.54. The Morgan fingerprint density at radius 1 is 1.38 bits per heavy atom. The zero-order valence-electron chi connectivity index (χ0n) is 11.1. The zero-order chi connectivity index (χ0) is 14.8. The second-order valence-corrected chi connectivity index (χ2v) is 4.60. The van der Waals surface area contributed by atoms with Gasteiger partial charge in [0.25, 0.3) is 0 Å². The fourth-order valence-electron chi connectivity index (χ4n) is 1.99. The van der Waals surface area contributed by atoms with Crippen LogP contribution in [0, 0.1) is 0 Å². The summed E-state index contributed by atoms with van der Waals surface area (Å²) >= 11 is 5.86. The number of para-hydroxylation sites is 1. The molecule has 21 heavy (non-hydrogen) atoms. The summed E-state index contributed by atoms with van der Waals surface area (Å²) < 4.78 is 5.07. The van der Waals surface area contributed by atoms with Crippen molar-refractivity contribution in [3.8, 4) is 11.5 Å². The van der Waals surface area contributed by atoms with Gasteiger partial charge in [-0.05, 0) is 17.7 Å². The normalized spacial score (nSPS) is 10.8. The van der Waals surface area contributed by atoms with Gasteiger partial charge in [0.1, 0.15) is 5.52 Å². The number of aromatic nitrogens is 4. The summed E-state index contributed by atoms with van der Waals surface area (Å²) in [5, 5.41) is 13.3. The molecular weight excluding hydrogens is 294 g/mol. The van der Waals surface area contributed by atoms with E-state index < -0.39 is 0 Å². The number of hydrogen-bond donors (Lipinski definition) is 3. The molecule has 2 heterocycles. The number of phenolic OH excluding ortho intramolecular Hbond substituents is 1. The lowest BCUT2D eigenvalue weighted by Crippen LogP contribution is -2.04. The highest BCUT2D eigenvalue weighted by atomic mass is 35.5. The fraction of sp³-hybridized carbons (Fsp3) is 0.154. The molecule has 0 aliphatic carbocycles. The molecule has 8 heteroatoms. The van der Waals surface area contributed by atoms with Crippen LogP contribution in [0.5, 0.6) is 11.5 Å². The van der Waals surface area contributed by atoms with E-state index in [2.05, 4.69) is 25.3 Å². The van der Waals surface area contributed by atoms with Crippen LogP contribution in [-0.2, 0) is 6.54 Å². The lowest BCUT2D eigenvalue weighted by molar-refractivity contribution is 0.371. The molecule has 0 saturated carbocycles. The van der Waals surface area contributed by atoms with E-state index in [4.69, 9.17) is 16.3 Å². The molecule has 0 atom stereocenters. The average Bonchev–Trinajstić information content (AvgIpc) is 2.94. The second kappa shape index (κ2) is 5.45. The van der Waals surface area contributed by atoms with E-state index in [1.54, 1.807) is 18.2 Å². The summed E-state index contributed by atoms with van der Waals surface area (Å²) in [5.41, 5.74) is 1.81. The molecule has 0 spiro atoms. The smallest absolute Gasteiger partial charge is 0.226 e. The molecule has 3 N–H and O–H groups in total. The van der Waals surface area contributed by atoms with Gasteiger partial charge in [-0.2, -0.15) is 9.97 Å². The van der Waals surface area contributed by atoms with Crippen molar-refractivity contribution in [1.29, 1.82) is 0 Å². The quantitative estimate of drug-likeness (QED) is 0.640. The first-order valence-corrected chi connectivity index (χ1v) is 6.52. The van der Waals surface area contributed by atoms with Crippen molar-refractivity contribution < 1.29 is 9.84 Å². The van der Waals surface area contributed by atoms with Crippen molar-refractivity contribution in [3.63, 3.8) is 0 Å². The average molecular weight is 306 g/mol. The number of rotatable bonds is 4. The van der Waals surface area contributed by atoms with Crippen molar-refractivity contribution in [1.82, 2.24) is 19.9 Å². The van der Waals surface area contributed by atoms with Crippen molar-refractivity contribution in [2.75, 3.05) is 12.4 Å². The lowest BCUT2D eigenvalue weighted by Gasteiger charge is -2.10. The maximum absolute atomic E-state index is 10.1. The molecule has 108 valence electrons. The molecule has 0 saturated heterocycles. The minimum Gasteiger partial charge on any atom is -0.504 e. The molecule has 0 aliphatic rings. The molecule has 0 bridgehead atoms. The number of hydrogen-bond acceptors (Lipinski definition) is 6. The predicted octanol–water partition coefficient (Wildman–Crippen LogP) is 2.33. The van der Waals surface area contributed by atoms with E-state index in [9.17, 15) is 5.11 Å². The Bertz CT molecular complexity index is 789. The Kier molecular flexibility index (Phi) is 3.49. The summed E-state index contributed by atoms with van der Waals surface area (Å²) in [4.78, 5) is 15.1. The third-order valence-corrected chi connectivity index (χ3v) is 3.18. The van der Waals surface area contributed by atoms with Gasteiger partial charge in [-0.25, -0.2) is 4.98 Å². The van der Waals surface area contributed by atoms with Crippen molar-refractivity contribution in [2.24, 2.45) is 0 Å². The number of fused-ring (bicyclic) bond motifs is 1. The van der Waals surface area contributed by atoms with Crippen LogP contribution in [0.4, 0.5) is 5.82 Å². The van der Waals surface area contributed by atoms with Crippen molar-refractivity contribution in [3.05, 3.63) is 35.4 Å². The highest BCUT2D eigenvalue weighted by Crippen LogP contribution is 2.30. The van der Waals surface area contributed by atoms with Crippen LogP contribution in [0.3, 0.4) is 0 Å². The Morgan fingerprint density at radius 2 is 2.24 bits per heavy atom. The summed E-state index contributed by atoms with van der Waals surface area (Å²) in [6.07, 6.45) is 1.52. The molecule has 0 amide bonds. The SMILES string of the molecule is COc1cccc(CNc2nc(Cl)nc3nc[nH]c23)c1O. The van der Waals surface area contributed by atoms with E-state index >= 15 is 0 Å². The largest absolute Gasteiger partial charge is 0.504 e. The van der Waals surface area contributed by atoms with E-state index in [0.29, 0.717) is 34.8 Å². The Morgan fingerprint density at radius 3 is 3.05 bits per heavy atom. The number of ether oxygens (including phenoxy) is 1. The Balaban J connectivity index is 1.88. The summed E-state index contributed by atoms with van der Waals surface area (Å²) in [7, 11) is 1.50. The highest BCUT2D eigenvalue weighted by molar-refractivity contribution is 6.28. The van der Waals surface area contributed by atoms with E-state index in [1.807, 2.05) is 0 Å². The fourth-order valence-corrected chi connectivity index (χ4v) is 2.15. The number of halogens is 1. The van der Waals surface area contributed by atoms with Gasteiger partial charge >= 0.3 is 0 Å². The number of aromatic amines is 1. The number of nitrogens with zero attached hydrogens (tertiary/aromatic N) is 3. The predicted molar refractivity (Wildman–Crippen MR) is 78.7 cm³/mol. The minimum absolute atomic E-state index is 0.0912. The molecule has 0 unspecified atom stereocenters. The summed E-state index contributed by atoms with van der Waals surface area (Å²) in [6, 6.07) is 5.28. The van der Waals surface area contributed by atoms with E-state index in [0.717, 1.165) is 0 Å². The summed E-state index contributed by atoms with van der Waals surface area (Å²) in [5.74, 6) is 1.03. The van der Waals surface area contributed by atoms with Gasteiger partial charge < -0.3 is 20.1 Å². The first kappa shape index (κ1) is 13.4. The lowest BCUT2D eigenvalue weighted by atomic mass is 10.2. The maximum atomic E-state index is 10.1. The standard InChI is InChI=1S/C13H12ClN5O2/c1-21-8-4-2-3-7(10(8)20)5-15-11-9-12(17-6-16-9)19-13(14)18-11/h2-4,6,20H,5H2,1H3,(H2,15,16,17,18,19). The number of anilines is 1. The number of aromatic hydroxyl groups is 1. The van der Waals surface area contributed by atoms with E-state index in [-0.39, 0.29) is 11.0 Å². The third-order valence-electron chi connectivity index (χ3n) is 3.01. The van der Waals surface area contributed by atoms with Crippen LogP contribution < -0.4 is 10.1 Å². The molecule has 7 nitrogen and oxygen atoms in total. The van der Waals surface area contributed by atoms with Crippen LogP contribution in [0.25, 0.3) is 11.2 Å². The zero-order valence-corrected chi connectivity index (χ0v) is 11.8. The van der Waals surface area contributed by atoms with Crippen LogP contribution in [0.1, 0.15) is 5.56 Å². The monoisotopic (exact) mass is 305 g/mol. The summed E-state index contributed by atoms with van der Waals surface area (Å²) in [6.45, 7) is 0.352. The van der Waals surface area contributed by atoms with Crippen LogP contribution >= 0.6 is 11.6 Å². The number of nitrogens with one attached hydrogen (secondary N) is 2. The van der Waals surface area contributed by atoms with Gasteiger partial charge in [-0.15, -0.1) is 0 Å². The molecule has 3 aromatic rings. The topological polar surface area (TPSA) is 96.0 Å². The number of phenols is 1. The maximum Gasteiger partial charge on any atom is 0.226 e. The number of imidazole rings is 1. The van der Waals surface area contributed by atoms with Gasteiger partial charge in [-0.1, -0.05) is 12.1 Å². The van der Waals surface area contributed by atoms with Crippen molar-refractivity contribution in [2.45, 2.75) is 6.54 Å². The molecule has 2 aromatic heterocycles. The van der Waals surface area contributed by atoms with Gasteiger partial charge in [0.15, 0.2) is 23.0 Å². The van der Waals surface area contributed by atoms with Crippen LogP contribution in [0.2, 0.25) is 5.28 Å². The number of benzene rings is 1. The number of methoxy groups -OCH3 is 1.